The zero-order valence-corrected chi connectivity index (χ0v) is 13.3. The number of alkyl halides is 3. The van der Waals surface area contributed by atoms with Crippen LogP contribution in [0.15, 0.2) is 11.4 Å². The van der Waals surface area contributed by atoms with Crippen LogP contribution >= 0.6 is 11.3 Å². The first-order valence-electron chi connectivity index (χ1n) is 7.16. The third kappa shape index (κ3) is 4.94. The summed E-state index contributed by atoms with van der Waals surface area (Å²) in [7, 11) is 0. The minimum Gasteiger partial charge on any atom is -0.346 e. The lowest BCUT2D eigenvalue weighted by atomic mass is 10.2. The third-order valence-electron chi connectivity index (χ3n) is 3.51. The van der Waals surface area contributed by atoms with Gasteiger partial charge < -0.3 is 10.6 Å². The molecule has 2 rings (SSSR count). The van der Waals surface area contributed by atoms with Gasteiger partial charge in [-0.2, -0.15) is 18.4 Å². The summed E-state index contributed by atoms with van der Waals surface area (Å²) < 4.78 is 36.5. The SMILES string of the molecule is N#Cc1ccsc1NC(=O)CN1CCCC1C(=O)NCC(F)(F)F. The topological polar surface area (TPSA) is 85.2 Å². The van der Waals surface area contributed by atoms with Crippen LogP contribution in [0.2, 0.25) is 0 Å². The van der Waals surface area contributed by atoms with Gasteiger partial charge in [0, 0.05) is 0 Å². The molecule has 2 heterocycles. The molecule has 1 aromatic heterocycles. The summed E-state index contributed by atoms with van der Waals surface area (Å²) in [6.07, 6.45) is -3.44. The lowest BCUT2D eigenvalue weighted by Gasteiger charge is -2.23. The molecule has 0 aliphatic carbocycles. The molecule has 24 heavy (non-hydrogen) atoms. The lowest BCUT2D eigenvalue weighted by Crippen LogP contribution is -2.47. The monoisotopic (exact) mass is 360 g/mol. The normalized spacial score (nSPS) is 18.2. The molecule has 2 N–H and O–H groups in total. The maximum absolute atomic E-state index is 12.2. The van der Waals surface area contributed by atoms with E-state index in [1.165, 1.54) is 11.3 Å². The van der Waals surface area contributed by atoms with Gasteiger partial charge in [-0.3, -0.25) is 14.5 Å². The van der Waals surface area contributed by atoms with Crippen molar-refractivity contribution < 1.29 is 22.8 Å². The number of anilines is 1. The van der Waals surface area contributed by atoms with Crippen LogP contribution in [0, 0.1) is 11.3 Å². The second kappa shape index (κ2) is 7.63. The molecular formula is C14H15F3N4O2S. The Labute approximate surface area is 140 Å². The highest BCUT2D eigenvalue weighted by atomic mass is 32.1. The number of hydrogen-bond donors (Lipinski definition) is 2. The standard InChI is InChI=1S/C14H15F3N4O2S/c15-14(16,17)8-19-12(23)10-2-1-4-21(10)7-11(22)20-13-9(6-18)3-5-24-13/h3,5,10H,1-2,4,7-8H2,(H,19,23)(H,20,22). The predicted molar refractivity (Wildman–Crippen MR) is 81.3 cm³/mol. The van der Waals surface area contributed by atoms with Crippen molar-refractivity contribution >= 4 is 28.2 Å². The van der Waals surface area contributed by atoms with Crippen LogP contribution in [0.25, 0.3) is 0 Å². The molecule has 6 nitrogen and oxygen atoms in total. The van der Waals surface area contributed by atoms with Crippen molar-refractivity contribution in [3.8, 4) is 6.07 Å². The highest BCUT2D eigenvalue weighted by molar-refractivity contribution is 7.14. The Bertz CT molecular complexity index is 653. The molecule has 1 unspecified atom stereocenters. The number of rotatable bonds is 5. The highest BCUT2D eigenvalue weighted by Gasteiger charge is 2.34. The van der Waals surface area contributed by atoms with Crippen LogP contribution in [0.4, 0.5) is 18.2 Å². The molecule has 10 heteroatoms. The second-order valence-corrected chi connectivity index (χ2v) is 6.20. The van der Waals surface area contributed by atoms with Crippen molar-refractivity contribution in [1.82, 2.24) is 10.2 Å². The molecule has 1 aromatic rings. The molecule has 130 valence electrons. The number of carbonyl (C=O) groups excluding carboxylic acids is 2. The molecule has 0 saturated carbocycles. The molecule has 1 atom stereocenters. The number of hydrogen-bond acceptors (Lipinski definition) is 5. The van der Waals surface area contributed by atoms with Crippen molar-refractivity contribution in [3.05, 3.63) is 17.0 Å². The fourth-order valence-electron chi connectivity index (χ4n) is 2.46. The molecule has 1 aliphatic heterocycles. The number of nitrogens with zero attached hydrogens (tertiary/aromatic N) is 2. The maximum atomic E-state index is 12.2. The Hall–Kier alpha value is -2.12. The maximum Gasteiger partial charge on any atom is 0.405 e. The van der Waals surface area contributed by atoms with E-state index in [-0.39, 0.29) is 6.54 Å². The van der Waals surface area contributed by atoms with E-state index in [0.717, 1.165) is 0 Å². The van der Waals surface area contributed by atoms with Crippen molar-refractivity contribution in [2.24, 2.45) is 0 Å². The zero-order valence-electron chi connectivity index (χ0n) is 12.5. The number of likely N-dealkylation sites (tertiary alicyclic amines) is 1. The fraction of sp³-hybridized carbons (Fsp3) is 0.500. The molecule has 0 spiro atoms. The van der Waals surface area contributed by atoms with Gasteiger partial charge >= 0.3 is 6.18 Å². The average Bonchev–Trinajstić information content (AvgIpc) is 3.13. The van der Waals surface area contributed by atoms with E-state index in [9.17, 15) is 22.8 Å². The van der Waals surface area contributed by atoms with Crippen molar-refractivity contribution in [3.63, 3.8) is 0 Å². The number of thiophene rings is 1. The molecular weight excluding hydrogens is 345 g/mol. The van der Waals surface area contributed by atoms with Gasteiger partial charge in [0.2, 0.25) is 11.8 Å². The van der Waals surface area contributed by atoms with E-state index in [4.69, 9.17) is 5.26 Å². The Morgan fingerprint density at radius 2 is 2.21 bits per heavy atom. The fourth-order valence-corrected chi connectivity index (χ4v) is 3.22. The predicted octanol–water partition coefficient (Wildman–Crippen LogP) is 1.70. The van der Waals surface area contributed by atoms with Crippen LogP contribution in [0.3, 0.4) is 0 Å². The smallest absolute Gasteiger partial charge is 0.346 e. The lowest BCUT2D eigenvalue weighted by molar-refractivity contribution is -0.141. The first kappa shape index (κ1) is 18.2. The summed E-state index contributed by atoms with van der Waals surface area (Å²) in [4.78, 5) is 25.5. The summed E-state index contributed by atoms with van der Waals surface area (Å²) >= 11 is 1.20. The van der Waals surface area contributed by atoms with Gasteiger partial charge in [0.05, 0.1) is 18.2 Å². The Balaban J connectivity index is 1.90. The average molecular weight is 360 g/mol. The number of amides is 2. The Morgan fingerprint density at radius 3 is 2.88 bits per heavy atom. The van der Waals surface area contributed by atoms with E-state index in [1.54, 1.807) is 16.3 Å². The third-order valence-corrected chi connectivity index (χ3v) is 4.34. The summed E-state index contributed by atoms with van der Waals surface area (Å²) in [5.74, 6) is -1.14. The quantitative estimate of drug-likeness (QED) is 0.837. The first-order chi connectivity index (χ1) is 11.3. The Kier molecular flexibility index (Phi) is 5.80. The first-order valence-corrected chi connectivity index (χ1v) is 8.04. The van der Waals surface area contributed by atoms with Gasteiger partial charge in [0.1, 0.15) is 17.6 Å². The van der Waals surface area contributed by atoms with Crippen LogP contribution in [0.1, 0.15) is 18.4 Å². The summed E-state index contributed by atoms with van der Waals surface area (Å²) in [5.41, 5.74) is 0.342. The van der Waals surface area contributed by atoms with Gasteiger partial charge in [0.25, 0.3) is 0 Å². The Morgan fingerprint density at radius 1 is 1.46 bits per heavy atom. The molecule has 0 radical (unpaired) electrons. The highest BCUT2D eigenvalue weighted by Crippen LogP contribution is 2.23. The molecule has 0 bridgehead atoms. The number of halogens is 3. The zero-order chi connectivity index (χ0) is 17.7. The summed E-state index contributed by atoms with van der Waals surface area (Å²) in [5, 5.41) is 15.4. The molecule has 0 aromatic carbocycles. The van der Waals surface area contributed by atoms with Crippen molar-refractivity contribution in [1.29, 1.82) is 5.26 Å². The van der Waals surface area contributed by atoms with Crippen LogP contribution in [-0.4, -0.2) is 48.6 Å². The summed E-state index contributed by atoms with van der Waals surface area (Å²) in [6.45, 7) is -1.05. The van der Waals surface area contributed by atoms with E-state index < -0.39 is 30.6 Å². The molecule has 1 fully saturated rings. The molecule has 2 amide bonds. The van der Waals surface area contributed by atoms with E-state index in [2.05, 4.69) is 5.32 Å². The number of nitriles is 1. The number of carbonyl (C=O) groups is 2. The van der Waals surface area contributed by atoms with Crippen molar-refractivity contribution in [2.75, 3.05) is 25.0 Å². The van der Waals surface area contributed by atoms with E-state index in [0.29, 0.717) is 30.0 Å². The van der Waals surface area contributed by atoms with Gasteiger partial charge in [0.15, 0.2) is 0 Å². The second-order valence-electron chi connectivity index (χ2n) is 5.28. The summed E-state index contributed by atoms with van der Waals surface area (Å²) in [6, 6.07) is 2.76. The van der Waals surface area contributed by atoms with Gasteiger partial charge in [-0.15, -0.1) is 11.3 Å². The molecule has 1 saturated heterocycles. The number of nitrogens with one attached hydrogen (secondary N) is 2. The van der Waals surface area contributed by atoms with Gasteiger partial charge in [-0.05, 0) is 30.8 Å². The van der Waals surface area contributed by atoms with Crippen LogP contribution in [0.5, 0.6) is 0 Å². The van der Waals surface area contributed by atoms with Crippen LogP contribution < -0.4 is 10.6 Å². The van der Waals surface area contributed by atoms with Crippen LogP contribution in [-0.2, 0) is 9.59 Å². The van der Waals surface area contributed by atoms with Gasteiger partial charge in [-0.1, -0.05) is 0 Å². The largest absolute Gasteiger partial charge is 0.405 e. The minimum absolute atomic E-state index is 0.118. The van der Waals surface area contributed by atoms with Crippen molar-refractivity contribution in [2.45, 2.75) is 25.1 Å². The van der Waals surface area contributed by atoms with E-state index in [1.807, 2.05) is 11.4 Å². The molecule has 1 aliphatic rings. The van der Waals surface area contributed by atoms with Gasteiger partial charge in [-0.25, -0.2) is 0 Å². The van der Waals surface area contributed by atoms with E-state index >= 15 is 0 Å². The minimum atomic E-state index is -4.47.